The van der Waals surface area contributed by atoms with Gasteiger partial charge in [0.2, 0.25) is 0 Å². The Balaban J connectivity index is 3.40. The van der Waals surface area contributed by atoms with E-state index in [1.165, 1.54) is 0 Å². The summed E-state index contributed by atoms with van der Waals surface area (Å²) < 4.78 is 54.6. The van der Waals surface area contributed by atoms with Crippen LogP contribution < -0.4 is 0 Å². The lowest BCUT2D eigenvalue weighted by molar-refractivity contribution is -0.161. The fourth-order valence-electron chi connectivity index (χ4n) is 7.07. The molecule has 1 rings (SSSR count). The van der Waals surface area contributed by atoms with Crippen molar-refractivity contribution < 1.29 is 80.5 Å². The Bertz CT molecular complexity index is 1590. The van der Waals surface area contributed by atoms with Gasteiger partial charge in [-0.15, -0.1) is 0 Å². The van der Waals surface area contributed by atoms with Crippen molar-refractivity contribution in [3.63, 3.8) is 0 Å². The van der Waals surface area contributed by atoms with Crippen molar-refractivity contribution in [1.29, 1.82) is 0 Å². The molecular formula is C44H78N3O17P. The van der Waals surface area contributed by atoms with Crippen LogP contribution in [0.15, 0.2) is 0 Å². The summed E-state index contributed by atoms with van der Waals surface area (Å²) in [6.45, 7) is 22.2. The molecule has 1 heterocycles. The van der Waals surface area contributed by atoms with E-state index in [-0.39, 0.29) is 51.3 Å². The molecule has 0 aliphatic carbocycles. The second-order valence-electron chi connectivity index (χ2n) is 19.7. The molecule has 3 atom stereocenters. The van der Waals surface area contributed by atoms with Gasteiger partial charge in [0.15, 0.2) is 6.10 Å². The summed E-state index contributed by atoms with van der Waals surface area (Å²) >= 11 is 0. The van der Waals surface area contributed by atoms with Gasteiger partial charge < -0.3 is 38.2 Å². The molecule has 0 radical (unpaired) electrons. The lowest BCUT2D eigenvalue weighted by atomic mass is 9.87. The number of unbranched alkanes of at least 4 members (excludes halogenated alkanes) is 1. The number of phosphoric acid groups is 1. The van der Waals surface area contributed by atoms with Gasteiger partial charge in [0.1, 0.15) is 34.8 Å². The van der Waals surface area contributed by atoms with Crippen LogP contribution in [0.1, 0.15) is 134 Å². The number of ether oxygens (including phenoxy) is 6. The number of phosphoric ester groups is 1. The van der Waals surface area contributed by atoms with Crippen LogP contribution in [-0.2, 0) is 75.6 Å². The minimum Gasteiger partial charge on any atom is -0.462 e. The van der Waals surface area contributed by atoms with Crippen LogP contribution in [-0.4, -0.2) is 168 Å². The minimum atomic E-state index is -4.62. The Labute approximate surface area is 385 Å². The van der Waals surface area contributed by atoms with Crippen LogP contribution in [0, 0.1) is 0 Å². The summed E-state index contributed by atoms with van der Waals surface area (Å²) in [5.74, 6) is -2.35. The SMILES string of the molecule is CC(=O)OCC(COP(=O)(O)OCCCC(=O)CCCCC1(N(CCC(C)(C)OC=O)CC(=O)OC(C)(C)C)CN(CCC(C)(C)OC=O)CCN(CC(=O)OC(C)(C)C)C1)OC(C)=O. The molecule has 0 aromatic rings. The average Bonchev–Trinajstić information content (AvgIpc) is 3.31. The van der Waals surface area contributed by atoms with Crippen LogP contribution >= 0.6 is 7.82 Å². The number of nitrogens with zero attached hydrogens (tertiary/aromatic N) is 3. The van der Waals surface area contributed by atoms with E-state index in [1.54, 1.807) is 55.4 Å². The van der Waals surface area contributed by atoms with Crippen molar-refractivity contribution >= 4 is 50.4 Å². The van der Waals surface area contributed by atoms with Gasteiger partial charge in [-0.1, -0.05) is 6.42 Å². The van der Waals surface area contributed by atoms with E-state index >= 15 is 0 Å². The highest BCUT2D eigenvalue weighted by Gasteiger charge is 2.44. The molecule has 0 saturated carbocycles. The quantitative estimate of drug-likeness (QED) is 0.0330. The molecule has 21 heteroatoms. The molecule has 0 amide bonds. The molecule has 1 fully saturated rings. The number of carbonyl (C=O) groups excluding carboxylic acids is 7. The summed E-state index contributed by atoms with van der Waals surface area (Å²) in [7, 11) is -4.62. The number of ketones is 1. The summed E-state index contributed by atoms with van der Waals surface area (Å²) in [5.41, 5.74) is -4.02. The molecular weight excluding hydrogens is 873 g/mol. The van der Waals surface area contributed by atoms with Crippen molar-refractivity contribution in [2.45, 2.75) is 168 Å². The van der Waals surface area contributed by atoms with Gasteiger partial charge in [-0.25, -0.2) is 4.57 Å². The molecule has 1 saturated heterocycles. The van der Waals surface area contributed by atoms with Crippen LogP contribution in [0.5, 0.6) is 0 Å². The lowest BCUT2D eigenvalue weighted by Crippen LogP contribution is -2.62. The van der Waals surface area contributed by atoms with Gasteiger partial charge >= 0.3 is 31.7 Å². The maximum atomic E-state index is 13.7. The maximum absolute atomic E-state index is 13.7. The third-order valence-electron chi connectivity index (χ3n) is 10.1. The van der Waals surface area contributed by atoms with E-state index in [4.69, 9.17) is 37.5 Å². The summed E-state index contributed by atoms with van der Waals surface area (Å²) in [6.07, 6.45) is 1.46. The Morgan fingerprint density at radius 1 is 0.738 bits per heavy atom. The van der Waals surface area contributed by atoms with Crippen LogP contribution in [0.4, 0.5) is 0 Å². The Kier molecular flexibility index (Phi) is 25.0. The van der Waals surface area contributed by atoms with Gasteiger partial charge in [-0.2, -0.15) is 0 Å². The van der Waals surface area contributed by atoms with Crippen molar-refractivity contribution in [2.24, 2.45) is 0 Å². The summed E-state index contributed by atoms with van der Waals surface area (Å²) in [4.78, 5) is 102. The third-order valence-corrected chi connectivity index (χ3v) is 11.1. The zero-order valence-electron chi connectivity index (χ0n) is 40.9. The molecule has 65 heavy (non-hydrogen) atoms. The molecule has 0 aromatic heterocycles. The Hall–Kier alpha value is -3.52. The van der Waals surface area contributed by atoms with E-state index in [2.05, 4.69) is 4.90 Å². The van der Waals surface area contributed by atoms with Gasteiger partial charge in [-0.05, 0) is 101 Å². The number of carbonyl (C=O) groups is 7. The zero-order chi connectivity index (χ0) is 49.7. The molecule has 1 aliphatic rings. The third kappa shape index (κ3) is 27.7. The molecule has 3 unspecified atom stereocenters. The van der Waals surface area contributed by atoms with Gasteiger partial charge in [-0.3, -0.25) is 52.4 Å². The topological polar surface area (TPSA) is 240 Å². The number of Topliss-reactive ketones (excluding diaryl/α,β-unsaturated/α-hetero) is 1. The largest absolute Gasteiger partial charge is 0.472 e. The number of hydrogen-bond acceptors (Lipinski definition) is 19. The van der Waals surface area contributed by atoms with Gasteiger partial charge in [0, 0.05) is 71.5 Å². The summed E-state index contributed by atoms with van der Waals surface area (Å²) in [5, 5.41) is 0. The first-order chi connectivity index (χ1) is 29.9. The van der Waals surface area contributed by atoms with Crippen molar-refractivity contribution in [2.75, 3.05) is 72.2 Å². The average molecular weight is 952 g/mol. The van der Waals surface area contributed by atoms with E-state index < -0.39 is 72.4 Å². The molecule has 1 N–H and O–H groups in total. The minimum absolute atomic E-state index is 0.0277. The van der Waals surface area contributed by atoms with Crippen LogP contribution in [0.25, 0.3) is 0 Å². The highest BCUT2D eigenvalue weighted by molar-refractivity contribution is 7.47. The number of esters is 4. The first-order valence-electron chi connectivity index (χ1n) is 22.2. The molecule has 1 aliphatic heterocycles. The van der Waals surface area contributed by atoms with E-state index in [0.717, 1.165) is 13.8 Å². The van der Waals surface area contributed by atoms with E-state index in [1.807, 2.05) is 23.6 Å². The smallest absolute Gasteiger partial charge is 0.462 e. The Morgan fingerprint density at radius 2 is 1.29 bits per heavy atom. The van der Waals surface area contributed by atoms with Crippen LogP contribution in [0.2, 0.25) is 0 Å². The molecule has 0 bridgehead atoms. The fraction of sp³-hybridized carbons (Fsp3) is 0.841. The lowest BCUT2D eigenvalue weighted by Gasteiger charge is -2.47. The van der Waals surface area contributed by atoms with Crippen molar-refractivity contribution in [3.8, 4) is 0 Å². The van der Waals surface area contributed by atoms with Gasteiger partial charge in [0.25, 0.3) is 12.9 Å². The molecule has 376 valence electrons. The highest BCUT2D eigenvalue weighted by Crippen LogP contribution is 2.43. The van der Waals surface area contributed by atoms with E-state index in [0.29, 0.717) is 84.3 Å². The van der Waals surface area contributed by atoms with Gasteiger partial charge in [0.05, 0.1) is 26.3 Å². The normalized spacial score (nSPS) is 18.1. The van der Waals surface area contributed by atoms with Crippen LogP contribution in [0.3, 0.4) is 0 Å². The second kappa shape index (κ2) is 27.3. The first-order valence-corrected chi connectivity index (χ1v) is 23.7. The summed E-state index contributed by atoms with van der Waals surface area (Å²) in [6, 6.07) is 0. The predicted octanol–water partition coefficient (Wildman–Crippen LogP) is 4.55. The standard InChI is InChI=1S/C44H78N3O17P/c1-34(50)57-28-37(62-35(2)51)29-61-65(55,56)60-25-15-17-36(52)16-13-14-18-44(47(22-20-43(11,12)59-33-49)27-39(54)64-41(6,7)8)30-45(21-19-42(9,10)58-32-48)23-24-46(31-44)26-38(53)63-40(3,4)5/h32-33,37H,13-31H2,1-12H3,(H,55,56). The zero-order valence-corrected chi connectivity index (χ0v) is 41.8. The monoisotopic (exact) mass is 952 g/mol. The second-order valence-corrected chi connectivity index (χ2v) is 21.2. The predicted molar refractivity (Wildman–Crippen MR) is 237 cm³/mol. The number of rotatable bonds is 31. The Morgan fingerprint density at radius 3 is 1.86 bits per heavy atom. The highest BCUT2D eigenvalue weighted by atomic mass is 31.2. The van der Waals surface area contributed by atoms with E-state index in [9.17, 15) is 43.0 Å². The molecule has 0 aromatic carbocycles. The van der Waals surface area contributed by atoms with Crippen molar-refractivity contribution in [3.05, 3.63) is 0 Å². The fourth-order valence-corrected chi connectivity index (χ4v) is 7.86. The molecule has 0 spiro atoms. The first kappa shape index (κ1) is 59.5. The maximum Gasteiger partial charge on any atom is 0.472 e. The van der Waals surface area contributed by atoms with Crippen molar-refractivity contribution in [1.82, 2.24) is 14.7 Å². The number of hydrogen-bond donors (Lipinski definition) is 1. The molecule has 20 nitrogen and oxygen atoms in total.